The molecular weight excluding hydrogens is 414 g/mol. The first-order chi connectivity index (χ1) is 16.0. The molecule has 0 unspecified atom stereocenters. The normalized spacial score (nSPS) is 16.2. The van der Waals surface area contributed by atoms with E-state index in [1.54, 1.807) is 13.1 Å². The van der Waals surface area contributed by atoms with Gasteiger partial charge >= 0.3 is 5.69 Å². The molecule has 0 spiro atoms. The fourth-order valence-corrected chi connectivity index (χ4v) is 4.86. The first kappa shape index (κ1) is 19.3. The summed E-state index contributed by atoms with van der Waals surface area (Å²) in [5.74, 6) is -0.301. The summed E-state index contributed by atoms with van der Waals surface area (Å²) >= 11 is 0. The van der Waals surface area contributed by atoms with Crippen LogP contribution in [0.15, 0.2) is 94.0 Å². The van der Waals surface area contributed by atoms with E-state index in [0.717, 1.165) is 22.3 Å². The van der Waals surface area contributed by atoms with E-state index in [0.29, 0.717) is 28.2 Å². The maximum Gasteiger partial charge on any atom is 0.329 e. The van der Waals surface area contributed by atoms with Gasteiger partial charge in [0.15, 0.2) is 5.78 Å². The van der Waals surface area contributed by atoms with Crippen LogP contribution in [-0.4, -0.2) is 15.3 Å². The lowest BCUT2D eigenvalue weighted by Crippen LogP contribution is -2.37. The predicted molar refractivity (Wildman–Crippen MR) is 127 cm³/mol. The lowest BCUT2D eigenvalue weighted by atomic mass is 9.81. The summed E-state index contributed by atoms with van der Waals surface area (Å²) in [7, 11) is 1.61. The molecule has 2 N–H and O–H groups in total. The average molecular weight is 433 g/mol. The van der Waals surface area contributed by atoms with Crippen molar-refractivity contribution in [1.29, 1.82) is 0 Å². The van der Waals surface area contributed by atoms with E-state index in [-0.39, 0.29) is 5.78 Å². The van der Waals surface area contributed by atoms with E-state index >= 15 is 0 Å². The van der Waals surface area contributed by atoms with Gasteiger partial charge in [0.25, 0.3) is 5.56 Å². The van der Waals surface area contributed by atoms with E-state index < -0.39 is 17.2 Å². The van der Waals surface area contributed by atoms with Crippen LogP contribution in [0, 0.1) is 0 Å². The maximum atomic E-state index is 13.5. The molecule has 1 aromatic heterocycles. The first-order valence-electron chi connectivity index (χ1n) is 10.7. The van der Waals surface area contributed by atoms with Gasteiger partial charge in [0.05, 0.1) is 11.3 Å². The number of aromatic amines is 1. The van der Waals surface area contributed by atoms with Crippen LogP contribution in [0.25, 0.3) is 16.8 Å². The Bertz CT molecular complexity index is 1590. The number of hydrogen-bond donors (Lipinski definition) is 2. The van der Waals surface area contributed by atoms with E-state index in [1.807, 2.05) is 72.8 Å². The minimum atomic E-state index is -0.600. The Morgan fingerprint density at radius 1 is 0.758 bits per heavy atom. The molecule has 0 amide bonds. The number of anilines is 1. The summed E-state index contributed by atoms with van der Waals surface area (Å²) in [5.41, 5.74) is 4.86. The van der Waals surface area contributed by atoms with Crippen molar-refractivity contribution >= 4 is 17.3 Å². The Hall–Kier alpha value is -4.45. The summed E-state index contributed by atoms with van der Waals surface area (Å²) in [6.45, 7) is 0. The van der Waals surface area contributed by atoms with Crippen molar-refractivity contribution in [2.45, 2.75) is 5.92 Å². The van der Waals surface area contributed by atoms with Gasteiger partial charge in [-0.3, -0.25) is 19.1 Å². The van der Waals surface area contributed by atoms with Gasteiger partial charge in [-0.25, -0.2) is 4.79 Å². The van der Waals surface area contributed by atoms with Crippen molar-refractivity contribution in [1.82, 2.24) is 9.55 Å². The first-order valence-corrected chi connectivity index (χ1v) is 10.7. The molecule has 2 heterocycles. The molecule has 0 bridgehead atoms. The number of H-pyrrole nitrogens is 1. The SMILES string of the molecule is Cn1c2c(c(=O)[nH]c1=O)[C@H](c1ccc(-c3ccccc3)cc1)C1=C(N2)c2ccccc2C1=O. The Labute approximate surface area is 188 Å². The van der Waals surface area contributed by atoms with E-state index in [9.17, 15) is 14.4 Å². The second-order valence-electron chi connectivity index (χ2n) is 8.29. The third-order valence-electron chi connectivity index (χ3n) is 6.49. The Kier molecular flexibility index (Phi) is 4.10. The minimum absolute atomic E-state index is 0.107. The smallest absolute Gasteiger partial charge is 0.329 e. The summed E-state index contributed by atoms with van der Waals surface area (Å²) < 4.78 is 1.39. The molecule has 33 heavy (non-hydrogen) atoms. The number of benzene rings is 3. The third-order valence-corrected chi connectivity index (χ3v) is 6.49. The molecule has 6 nitrogen and oxygen atoms in total. The molecule has 2 aliphatic rings. The van der Waals surface area contributed by atoms with Crippen LogP contribution < -0.4 is 16.6 Å². The van der Waals surface area contributed by atoms with Crippen LogP contribution in [0.2, 0.25) is 0 Å². The monoisotopic (exact) mass is 433 g/mol. The minimum Gasteiger partial charge on any atom is -0.340 e. The standard InChI is InChI=1S/C27H19N3O3/c1-30-25-22(26(32)29-27(30)33)20(17-13-11-16(12-14-17)15-7-3-2-4-8-15)21-23(28-25)18-9-5-6-10-19(18)24(21)31/h2-14,20,28H,1H3,(H,29,32,33)/t20-/m1/s1. The van der Waals surface area contributed by atoms with Gasteiger partial charge in [-0.2, -0.15) is 0 Å². The van der Waals surface area contributed by atoms with Gasteiger partial charge in [-0.05, 0) is 16.7 Å². The number of hydrogen-bond acceptors (Lipinski definition) is 4. The molecule has 1 aliphatic carbocycles. The molecule has 4 aromatic rings. The summed E-state index contributed by atoms with van der Waals surface area (Å²) in [4.78, 5) is 41.3. The summed E-state index contributed by atoms with van der Waals surface area (Å²) in [5, 5.41) is 3.23. The van der Waals surface area contributed by atoms with Gasteiger partial charge in [-0.15, -0.1) is 0 Å². The predicted octanol–water partition coefficient (Wildman–Crippen LogP) is 3.91. The lowest BCUT2D eigenvalue weighted by molar-refractivity contribution is 0.103. The Morgan fingerprint density at radius 3 is 2.12 bits per heavy atom. The average Bonchev–Trinajstić information content (AvgIpc) is 3.14. The molecule has 6 heteroatoms. The zero-order valence-corrected chi connectivity index (χ0v) is 17.8. The highest BCUT2D eigenvalue weighted by molar-refractivity contribution is 6.23. The van der Waals surface area contributed by atoms with Gasteiger partial charge < -0.3 is 5.32 Å². The molecule has 6 rings (SSSR count). The molecule has 0 saturated heterocycles. The van der Waals surface area contributed by atoms with Crippen molar-refractivity contribution in [2.24, 2.45) is 7.05 Å². The van der Waals surface area contributed by atoms with Crippen LogP contribution in [0.4, 0.5) is 5.82 Å². The number of nitrogens with one attached hydrogen (secondary N) is 2. The van der Waals surface area contributed by atoms with Crippen LogP contribution in [0.1, 0.15) is 33.0 Å². The van der Waals surface area contributed by atoms with Crippen LogP contribution >= 0.6 is 0 Å². The second-order valence-corrected chi connectivity index (χ2v) is 8.29. The summed E-state index contributed by atoms with van der Waals surface area (Å²) in [6, 6.07) is 25.3. The molecular formula is C27H19N3O3. The molecule has 0 fully saturated rings. The lowest BCUT2D eigenvalue weighted by Gasteiger charge is -2.29. The van der Waals surface area contributed by atoms with Crippen LogP contribution in [-0.2, 0) is 7.05 Å². The van der Waals surface area contributed by atoms with Crippen LogP contribution in [0.5, 0.6) is 0 Å². The Balaban J connectivity index is 1.59. The number of aromatic nitrogens is 2. The van der Waals surface area contributed by atoms with Crippen molar-refractivity contribution in [3.05, 3.63) is 128 Å². The highest BCUT2D eigenvalue weighted by Crippen LogP contribution is 2.47. The maximum absolute atomic E-state index is 13.5. The molecule has 1 aliphatic heterocycles. The van der Waals surface area contributed by atoms with Gasteiger partial charge in [0.2, 0.25) is 0 Å². The largest absolute Gasteiger partial charge is 0.340 e. The number of carbonyl (C=O) groups excluding carboxylic acids is 1. The van der Waals surface area contributed by atoms with Crippen molar-refractivity contribution in [2.75, 3.05) is 5.32 Å². The molecule has 0 saturated carbocycles. The van der Waals surface area contributed by atoms with Crippen molar-refractivity contribution in [3.8, 4) is 11.1 Å². The van der Waals surface area contributed by atoms with E-state index in [4.69, 9.17) is 0 Å². The van der Waals surface area contributed by atoms with Crippen LogP contribution in [0.3, 0.4) is 0 Å². The number of allylic oxidation sites excluding steroid dienone is 1. The fourth-order valence-electron chi connectivity index (χ4n) is 4.86. The molecule has 1 atom stereocenters. The Morgan fingerprint density at radius 2 is 1.39 bits per heavy atom. The van der Waals surface area contributed by atoms with Gasteiger partial charge in [-0.1, -0.05) is 78.9 Å². The van der Waals surface area contributed by atoms with E-state index in [2.05, 4.69) is 10.3 Å². The van der Waals surface area contributed by atoms with Gasteiger partial charge in [0, 0.05) is 29.7 Å². The molecule has 160 valence electrons. The zero-order chi connectivity index (χ0) is 22.7. The summed E-state index contributed by atoms with van der Waals surface area (Å²) in [6.07, 6.45) is 0. The van der Waals surface area contributed by atoms with Crippen molar-refractivity contribution < 1.29 is 4.79 Å². The van der Waals surface area contributed by atoms with Crippen molar-refractivity contribution in [3.63, 3.8) is 0 Å². The number of nitrogens with zero attached hydrogens (tertiary/aromatic N) is 1. The highest BCUT2D eigenvalue weighted by atomic mass is 16.2. The number of Topliss-reactive ketones (excluding diaryl/α,β-unsaturated/α-hetero) is 1. The molecule has 3 aromatic carbocycles. The number of carbonyl (C=O) groups is 1. The zero-order valence-electron chi connectivity index (χ0n) is 17.8. The third kappa shape index (κ3) is 2.77. The number of ketones is 1. The van der Waals surface area contributed by atoms with Gasteiger partial charge in [0.1, 0.15) is 5.82 Å². The fraction of sp³-hybridized carbons (Fsp3) is 0.0741. The number of rotatable bonds is 2. The van der Waals surface area contributed by atoms with E-state index in [1.165, 1.54) is 4.57 Å². The topological polar surface area (TPSA) is 84.0 Å². The second kappa shape index (κ2) is 7.03. The quantitative estimate of drug-likeness (QED) is 0.502. The molecule has 0 radical (unpaired) electrons. The number of fused-ring (bicyclic) bond motifs is 3. The highest BCUT2D eigenvalue weighted by Gasteiger charge is 2.42.